The molecule has 0 saturated heterocycles. The average molecular weight is 250 g/mol. The van der Waals surface area contributed by atoms with E-state index in [2.05, 4.69) is 4.74 Å². The lowest BCUT2D eigenvalue weighted by molar-refractivity contribution is -0.135. The summed E-state index contributed by atoms with van der Waals surface area (Å²) in [6, 6.07) is 6.04. The van der Waals surface area contributed by atoms with E-state index in [0.717, 1.165) is 6.92 Å². The van der Waals surface area contributed by atoms with Crippen molar-refractivity contribution >= 4 is 17.9 Å². The molecule has 0 aliphatic carbocycles. The molecule has 0 aromatic heterocycles. The summed E-state index contributed by atoms with van der Waals surface area (Å²) in [5, 5.41) is 0. The maximum atomic E-state index is 11.7. The van der Waals surface area contributed by atoms with Crippen molar-refractivity contribution in [2.75, 3.05) is 6.61 Å². The fourth-order valence-corrected chi connectivity index (χ4v) is 1.30. The molecule has 0 heterocycles. The summed E-state index contributed by atoms with van der Waals surface area (Å²) in [7, 11) is 0. The maximum absolute atomic E-state index is 11.7. The molecule has 0 atom stereocenters. The second kappa shape index (κ2) is 6.54. The third-order valence-corrected chi connectivity index (χ3v) is 2.04. The van der Waals surface area contributed by atoms with Crippen LogP contribution >= 0.6 is 0 Å². The molecule has 18 heavy (non-hydrogen) atoms. The molecule has 0 aliphatic rings. The lowest BCUT2D eigenvalue weighted by Gasteiger charge is -2.07. The van der Waals surface area contributed by atoms with E-state index in [1.54, 1.807) is 12.1 Å². The van der Waals surface area contributed by atoms with Gasteiger partial charge in [0.1, 0.15) is 0 Å². The quantitative estimate of drug-likeness (QED) is 0.603. The van der Waals surface area contributed by atoms with Gasteiger partial charge in [-0.25, -0.2) is 9.59 Å². The van der Waals surface area contributed by atoms with Gasteiger partial charge in [0.25, 0.3) is 0 Å². The van der Waals surface area contributed by atoms with Crippen molar-refractivity contribution < 1.29 is 23.9 Å². The van der Waals surface area contributed by atoms with E-state index in [4.69, 9.17) is 4.74 Å². The van der Waals surface area contributed by atoms with Crippen molar-refractivity contribution in [3.63, 3.8) is 0 Å². The summed E-state index contributed by atoms with van der Waals surface area (Å²) in [5.41, 5.74) is 0.117. The molecule has 1 aromatic carbocycles. The molecule has 5 heteroatoms. The third-order valence-electron chi connectivity index (χ3n) is 2.04. The van der Waals surface area contributed by atoms with Crippen LogP contribution in [0.5, 0.6) is 0 Å². The van der Waals surface area contributed by atoms with E-state index in [9.17, 15) is 14.4 Å². The number of rotatable bonds is 4. The first-order valence-corrected chi connectivity index (χ1v) is 5.55. The summed E-state index contributed by atoms with van der Waals surface area (Å²) in [6.45, 7) is 3.26. The Morgan fingerprint density at radius 3 is 2.11 bits per heavy atom. The summed E-state index contributed by atoms with van der Waals surface area (Å²) < 4.78 is 9.39. The van der Waals surface area contributed by atoms with Crippen LogP contribution in [-0.2, 0) is 14.3 Å². The molecule has 0 aliphatic heterocycles. The highest BCUT2D eigenvalue weighted by Gasteiger charge is 2.19. The van der Waals surface area contributed by atoms with Crippen molar-refractivity contribution in [1.29, 1.82) is 0 Å². The van der Waals surface area contributed by atoms with Gasteiger partial charge in [0, 0.05) is 6.92 Å². The molecule has 0 unspecified atom stereocenters. The van der Waals surface area contributed by atoms with Crippen molar-refractivity contribution in [2.45, 2.75) is 20.3 Å². The number of hydrogen-bond acceptors (Lipinski definition) is 5. The van der Waals surface area contributed by atoms with Gasteiger partial charge in [-0.1, -0.05) is 19.1 Å². The van der Waals surface area contributed by atoms with Gasteiger partial charge in [0.05, 0.1) is 17.7 Å². The minimum Gasteiger partial charge on any atom is -0.462 e. The summed E-state index contributed by atoms with van der Waals surface area (Å²) in [6.07, 6.45) is 0.686. The Balaban J connectivity index is 2.95. The van der Waals surface area contributed by atoms with Crippen LogP contribution in [0.4, 0.5) is 0 Å². The van der Waals surface area contributed by atoms with Crippen molar-refractivity contribution in [3.05, 3.63) is 35.4 Å². The number of hydrogen-bond donors (Lipinski definition) is 0. The van der Waals surface area contributed by atoms with E-state index in [1.807, 2.05) is 6.92 Å². The standard InChI is InChI=1S/C13H14O5/c1-3-8-17-12(15)10-6-4-5-7-11(10)13(16)18-9(2)14/h4-7H,3,8H2,1-2H3. The van der Waals surface area contributed by atoms with E-state index >= 15 is 0 Å². The molecule has 0 bridgehead atoms. The molecule has 0 spiro atoms. The Labute approximate surface area is 105 Å². The lowest BCUT2D eigenvalue weighted by Crippen LogP contribution is -2.16. The van der Waals surface area contributed by atoms with Crippen molar-refractivity contribution in [3.8, 4) is 0 Å². The fourth-order valence-electron chi connectivity index (χ4n) is 1.30. The van der Waals surface area contributed by atoms with Gasteiger partial charge >= 0.3 is 17.9 Å². The Kier molecular flexibility index (Phi) is 5.05. The first kappa shape index (κ1) is 13.9. The molecule has 0 fully saturated rings. The molecular formula is C13H14O5. The van der Waals surface area contributed by atoms with E-state index in [1.165, 1.54) is 12.1 Å². The summed E-state index contributed by atoms with van der Waals surface area (Å²) in [5.74, 6) is -2.18. The summed E-state index contributed by atoms with van der Waals surface area (Å²) in [4.78, 5) is 34.0. The van der Waals surface area contributed by atoms with Gasteiger partial charge in [-0.2, -0.15) is 0 Å². The normalized spacial score (nSPS) is 9.67. The molecule has 0 amide bonds. The predicted octanol–water partition coefficient (Wildman–Crippen LogP) is 1.96. The SMILES string of the molecule is CCCOC(=O)c1ccccc1C(=O)OC(C)=O. The lowest BCUT2D eigenvalue weighted by atomic mass is 10.1. The number of esters is 3. The summed E-state index contributed by atoms with van der Waals surface area (Å²) >= 11 is 0. The number of ether oxygens (including phenoxy) is 2. The molecule has 1 aromatic rings. The zero-order chi connectivity index (χ0) is 13.5. The van der Waals surface area contributed by atoms with Crippen LogP contribution in [0.3, 0.4) is 0 Å². The van der Waals surface area contributed by atoms with Gasteiger partial charge in [-0.15, -0.1) is 0 Å². The molecular weight excluding hydrogens is 236 g/mol. The molecule has 1 rings (SSSR count). The van der Waals surface area contributed by atoms with Gasteiger partial charge < -0.3 is 9.47 Å². The van der Waals surface area contributed by atoms with Crippen LogP contribution in [0.25, 0.3) is 0 Å². The monoisotopic (exact) mass is 250 g/mol. The fraction of sp³-hybridized carbons (Fsp3) is 0.308. The number of benzene rings is 1. The van der Waals surface area contributed by atoms with E-state index in [-0.39, 0.29) is 17.7 Å². The molecule has 5 nitrogen and oxygen atoms in total. The highest BCUT2D eigenvalue weighted by atomic mass is 16.6. The Hall–Kier alpha value is -2.17. The second-order valence-electron chi connectivity index (χ2n) is 3.56. The Morgan fingerprint density at radius 2 is 1.61 bits per heavy atom. The van der Waals surface area contributed by atoms with Gasteiger partial charge in [-0.3, -0.25) is 4.79 Å². The van der Waals surface area contributed by atoms with Gasteiger partial charge in [-0.05, 0) is 18.6 Å². The second-order valence-corrected chi connectivity index (χ2v) is 3.56. The van der Waals surface area contributed by atoms with Crippen LogP contribution in [0.2, 0.25) is 0 Å². The molecule has 0 radical (unpaired) electrons. The van der Waals surface area contributed by atoms with Crippen molar-refractivity contribution in [2.24, 2.45) is 0 Å². The average Bonchev–Trinajstić information content (AvgIpc) is 2.35. The smallest absolute Gasteiger partial charge is 0.346 e. The van der Waals surface area contributed by atoms with E-state index < -0.39 is 17.9 Å². The highest BCUT2D eigenvalue weighted by Crippen LogP contribution is 2.12. The van der Waals surface area contributed by atoms with Crippen LogP contribution < -0.4 is 0 Å². The predicted molar refractivity (Wildman–Crippen MR) is 63.1 cm³/mol. The highest BCUT2D eigenvalue weighted by molar-refractivity contribution is 6.05. The Bertz CT molecular complexity index is 464. The first-order valence-electron chi connectivity index (χ1n) is 5.55. The van der Waals surface area contributed by atoms with Gasteiger partial charge in [0.15, 0.2) is 0 Å². The minimum absolute atomic E-state index is 0.0220. The Morgan fingerprint density at radius 1 is 1.06 bits per heavy atom. The van der Waals surface area contributed by atoms with Crippen LogP contribution in [0.15, 0.2) is 24.3 Å². The molecule has 0 N–H and O–H groups in total. The largest absolute Gasteiger partial charge is 0.462 e. The minimum atomic E-state index is -0.855. The van der Waals surface area contributed by atoms with E-state index in [0.29, 0.717) is 6.42 Å². The molecule has 96 valence electrons. The molecule has 0 saturated carbocycles. The number of carbonyl (C=O) groups is 3. The van der Waals surface area contributed by atoms with Crippen molar-refractivity contribution in [1.82, 2.24) is 0 Å². The van der Waals surface area contributed by atoms with Crippen LogP contribution in [-0.4, -0.2) is 24.5 Å². The third kappa shape index (κ3) is 3.69. The topological polar surface area (TPSA) is 69.7 Å². The zero-order valence-electron chi connectivity index (χ0n) is 10.3. The number of carbonyl (C=O) groups excluding carboxylic acids is 3. The first-order chi connectivity index (χ1) is 8.56. The van der Waals surface area contributed by atoms with Crippen LogP contribution in [0, 0.1) is 0 Å². The maximum Gasteiger partial charge on any atom is 0.346 e. The van der Waals surface area contributed by atoms with Gasteiger partial charge in [0.2, 0.25) is 0 Å². The van der Waals surface area contributed by atoms with Crippen LogP contribution in [0.1, 0.15) is 41.0 Å². The zero-order valence-corrected chi connectivity index (χ0v) is 10.3.